The smallest absolute Gasteiger partial charge is 0.208 e. The molecule has 0 aliphatic carbocycles. The fourth-order valence-electron chi connectivity index (χ4n) is 3.18. The van der Waals surface area contributed by atoms with E-state index in [9.17, 15) is 0 Å². The van der Waals surface area contributed by atoms with Gasteiger partial charge in [-0.05, 0) is 52.1 Å². The number of likely N-dealkylation sites (tertiary alicyclic amines) is 1. The van der Waals surface area contributed by atoms with Gasteiger partial charge in [0.2, 0.25) is 5.89 Å². The van der Waals surface area contributed by atoms with Crippen molar-refractivity contribution in [1.29, 1.82) is 0 Å². The molecule has 0 atom stereocenters. The number of unbranched alkanes of at least 4 members (excludes halogenated alkanes) is 3. The number of hydrogen-bond acceptors (Lipinski definition) is 4. The maximum Gasteiger partial charge on any atom is 0.208 e. The maximum atomic E-state index is 5.96. The molecule has 25 heavy (non-hydrogen) atoms. The molecule has 2 rings (SSSR count). The number of nitrogens with one attached hydrogen (secondary N) is 1. The number of nitrogens with zero attached hydrogens (tertiary/aromatic N) is 3. The molecule has 0 saturated carbocycles. The molecule has 2 heterocycles. The minimum Gasteiger partial charge on any atom is -0.444 e. The van der Waals surface area contributed by atoms with Crippen molar-refractivity contribution in [2.45, 2.75) is 65.8 Å². The molecule has 0 aromatic carbocycles. The van der Waals surface area contributed by atoms with Crippen molar-refractivity contribution in [3.8, 4) is 0 Å². The molecule has 1 aromatic rings. The van der Waals surface area contributed by atoms with E-state index >= 15 is 0 Å². The first kappa shape index (κ1) is 19.8. The molecule has 1 fully saturated rings. The summed E-state index contributed by atoms with van der Waals surface area (Å²) in [6, 6.07) is 0. The minimum atomic E-state index is 0.602. The zero-order valence-electron chi connectivity index (χ0n) is 16.2. The second kappa shape index (κ2) is 10.4. The van der Waals surface area contributed by atoms with E-state index in [1.54, 1.807) is 0 Å². The molecule has 0 amide bonds. The number of aromatic nitrogens is 1. The van der Waals surface area contributed by atoms with E-state index in [-0.39, 0.29) is 0 Å². The Morgan fingerprint density at radius 3 is 2.68 bits per heavy atom. The van der Waals surface area contributed by atoms with Crippen molar-refractivity contribution >= 4 is 5.96 Å². The molecule has 1 aromatic heterocycles. The van der Waals surface area contributed by atoms with Crippen LogP contribution in [0.15, 0.2) is 9.41 Å². The monoisotopic (exact) mass is 349 g/mol. The number of guanidine groups is 1. The third-order valence-corrected chi connectivity index (χ3v) is 5.00. The maximum absolute atomic E-state index is 5.96. The van der Waals surface area contributed by atoms with Crippen LogP contribution in [0.4, 0.5) is 0 Å². The molecular weight excluding hydrogens is 314 g/mol. The van der Waals surface area contributed by atoms with Crippen molar-refractivity contribution in [3.05, 3.63) is 17.3 Å². The van der Waals surface area contributed by atoms with Crippen molar-refractivity contribution in [2.75, 3.05) is 26.2 Å². The van der Waals surface area contributed by atoms with E-state index in [4.69, 9.17) is 10.2 Å². The topological polar surface area (TPSA) is 79.7 Å². The highest BCUT2D eigenvalue weighted by molar-refractivity contribution is 5.77. The second-order valence-corrected chi connectivity index (χ2v) is 7.18. The lowest BCUT2D eigenvalue weighted by atomic mass is 9.97. The van der Waals surface area contributed by atoms with Gasteiger partial charge in [0.05, 0.1) is 12.2 Å². The highest BCUT2D eigenvalue weighted by Crippen LogP contribution is 2.20. The summed E-state index contributed by atoms with van der Waals surface area (Å²) in [4.78, 5) is 11.4. The van der Waals surface area contributed by atoms with Crippen molar-refractivity contribution in [2.24, 2.45) is 16.6 Å². The zero-order chi connectivity index (χ0) is 18.1. The Morgan fingerprint density at radius 2 is 2.04 bits per heavy atom. The van der Waals surface area contributed by atoms with E-state index in [2.05, 4.69) is 27.1 Å². The van der Waals surface area contributed by atoms with E-state index in [1.165, 1.54) is 25.7 Å². The van der Waals surface area contributed by atoms with Crippen LogP contribution in [0.5, 0.6) is 0 Å². The van der Waals surface area contributed by atoms with Gasteiger partial charge in [0.25, 0.3) is 0 Å². The Morgan fingerprint density at radius 1 is 1.28 bits per heavy atom. The minimum absolute atomic E-state index is 0.602. The SMILES string of the molecule is CCCCCCNC(N)=NCC1CCN(Cc2nc(C)c(C)o2)CC1. The lowest BCUT2D eigenvalue weighted by molar-refractivity contribution is 0.166. The third-order valence-electron chi connectivity index (χ3n) is 5.00. The molecule has 0 spiro atoms. The number of nitrogens with two attached hydrogens (primary N) is 1. The van der Waals surface area contributed by atoms with Crippen LogP contribution in [0.25, 0.3) is 0 Å². The molecule has 6 heteroatoms. The lowest BCUT2D eigenvalue weighted by Gasteiger charge is -2.30. The Labute approximate surface area is 152 Å². The molecule has 0 bridgehead atoms. The van der Waals surface area contributed by atoms with Crippen molar-refractivity contribution in [3.63, 3.8) is 0 Å². The van der Waals surface area contributed by atoms with Gasteiger partial charge in [0, 0.05) is 13.1 Å². The highest BCUT2D eigenvalue weighted by Gasteiger charge is 2.20. The summed E-state index contributed by atoms with van der Waals surface area (Å²) in [5.41, 5.74) is 6.96. The van der Waals surface area contributed by atoms with Gasteiger partial charge in [-0.25, -0.2) is 4.98 Å². The molecule has 1 aliphatic heterocycles. The quantitative estimate of drug-likeness (QED) is 0.407. The Bertz CT molecular complexity index is 512. The predicted molar refractivity (Wildman–Crippen MR) is 103 cm³/mol. The summed E-state index contributed by atoms with van der Waals surface area (Å²) in [6.07, 6.45) is 7.31. The molecule has 3 N–H and O–H groups in total. The van der Waals surface area contributed by atoms with Crippen molar-refractivity contribution in [1.82, 2.24) is 15.2 Å². The Kier molecular flexibility index (Phi) is 8.25. The predicted octanol–water partition coefficient (Wildman–Crippen LogP) is 2.99. The first-order chi connectivity index (χ1) is 12.1. The van der Waals surface area contributed by atoms with Crippen LogP contribution in [0.1, 0.15) is 62.8 Å². The van der Waals surface area contributed by atoms with E-state index in [0.29, 0.717) is 11.9 Å². The van der Waals surface area contributed by atoms with Crippen LogP contribution in [-0.2, 0) is 6.54 Å². The van der Waals surface area contributed by atoms with Crippen LogP contribution >= 0.6 is 0 Å². The van der Waals surface area contributed by atoms with Gasteiger partial charge in [-0.2, -0.15) is 0 Å². The molecule has 142 valence electrons. The average Bonchev–Trinajstić information content (AvgIpc) is 2.91. The second-order valence-electron chi connectivity index (χ2n) is 7.18. The van der Waals surface area contributed by atoms with Crippen molar-refractivity contribution < 1.29 is 4.42 Å². The van der Waals surface area contributed by atoms with E-state index in [0.717, 1.165) is 62.9 Å². The van der Waals surface area contributed by atoms with E-state index < -0.39 is 0 Å². The van der Waals surface area contributed by atoms with Crippen LogP contribution in [0, 0.1) is 19.8 Å². The largest absolute Gasteiger partial charge is 0.444 e. The fraction of sp³-hybridized carbons (Fsp3) is 0.789. The number of oxazole rings is 1. The van der Waals surface area contributed by atoms with Gasteiger partial charge in [0.1, 0.15) is 5.76 Å². The molecule has 0 radical (unpaired) electrons. The van der Waals surface area contributed by atoms with Gasteiger partial charge in [0.15, 0.2) is 5.96 Å². The number of hydrogen-bond donors (Lipinski definition) is 2. The summed E-state index contributed by atoms with van der Waals surface area (Å²) in [7, 11) is 0. The molecule has 0 unspecified atom stereocenters. The summed E-state index contributed by atoms with van der Waals surface area (Å²) in [5, 5.41) is 3.23. The Hall–Kier alpha value is -1.56. The highest BCUT2D eigenvalue weighted by atomic mass is 16.4. The van der Waals surface area contributed by atoms with Crippen LogP contribution in [0.2, 0.25) is 0 Å². The summed E-state index contributed by atoms with van der Waals surface area (Å²) in [6.45, 7) is 10.9. The standard InChI is InChI=1S/C19H35N5O/c1-4-5-6-7-10-21-19(20)22-13-17-8-11-24(12-9-17)14-18-23-15(2)16(3)25-18/h17H,4-14H2,1-3H3,(H3,20,21,22). The fourth-order valence-corrected chi connectivity index (χ4v) is 3.18. The molecule has 1 saturated heterocycles. The van der Waals surface area contributed by atoms with Crippen LogP contribution in [-0.4, -0.2) is 42.0 Å². The third kappa shape index (κ3) is 7.06. The summed E-state index contributed by atoms with van der Waals surface area (Å²) in [5.74, 6) is 2.99. The van der Waals surface area contributed by atoms with Gasteiger partial charge in [-0.15, -0.1) is 0 Å². The summed E-state index contributed by atoms with van der Waals surface area (Å²) < 4.78 is 5.69. The van der Waals surface area contributed by atoms with Gasteiger partial charge < -0.3 is 15.5 Å². The van der Waals surface area contributed by atoms with Gasteiger partial charge >= 0.3 is 0 Å². The van der Waals surface area contributed by atoms with Gasteiger partial charge in [-0.3, -0.25) is 9.89 Å². The van der Waals surface area contributed by atoms with Crippen LogP contribution < -0.4 is 11.1 Å². The molecular formula is C19H35N5O. The van der Waals surface area contributed by atoms with Crippen LogP contribution in [0.3, 0.4) is 0 Å². The first-order valence-corrected chi connectivity index (χ1v) is 9.77. The lowest BCUT2D eigenvalue weighted by Crippen LogP contribution is -2.36. The average molecular weight is 350 g/mol. The number of piperidine rings is 1. The number of aliphatic imine (C=N–C) groups is 1. The Balaban J connectivity index is 1.62. The van der Waals surface area contributed by atoms with E-state index in [1.807, 2.05) is 13.8 Å². The van der Waals surface area contributed by atoms with Gasteiger partial charge in [-0.1, -0.05) is 26.2 Å². The molecule has 6 nitrogen and oxygen atoms in total. The number of aryl methyl sites for hydroxylation is 2. The molecule has 1 aliphatic rings. The first-order valence-electron chi connectivity index (χ1n) is 9.77. The summed E-state index contributed by atoms with van der Waals surface area (Å²) >= 11 is 0. The normalized spacial score (nSPS) is 17.2. The number of rotatable bonds is 9. The zero-order valence-corrected chi connectivity index (χ0v) is 16.2.